The average molecular weight is 298 g/mol. The van der Waals surface area contributed by atoms with Gasteiger partial charge in [0.05, 0.1) is 5.41 Å². The average Bonchev–Trinajstić information content (AvgIpc) is 2.27. The highest BCUT2D eigenvalue weighted by atomic mass is 79.9. The number of esters is 1. The molecule has 0 bridgehead atoms. The van der Waals surface area contributed by atoms with Crippen molar-refractivity contribution < 1.29 is 9.53 Å². The van der Waals surface area contributed by atoms with Gasteiger partial charge in [-0.3, -0.25) is 4.79 Å². The number of rotatable bonds is 4. The predicted molar refractivity (Wildman–Crippen MR) is 69.3 cm³/mol. The first-order valence-corrected chi connectivity index (χ1v) is 6.57. The van der Waals surface area contributed by atoms with Crippen LogP contribution >= 0.6 is 15.9 Å². The third kappa shape index (κ3) is 2.69. The second-order valence-corrected chi connectivity index (χ2v) is 5.46. The Morgan fingerprint density at radius 2 is 2.00 bits per heavy atom. The van der Waals surface area contributed by atoms with Gasteiger partial charge in [-0.05, 0) is 30.5 Å². The number of nitrogens with two attached hydrogens (primary N) is 1. The van der Waals surface area contributed by atoms with Crippen LogP contribution < -0.4 is 5.73 Å². The molecule has 0 heterocycles. The van der Waals surface area contributed by atoms with Gasteiger partial charge < -0.3 is 10.5 Å². The zero-order valence-corrected chi connectivity index (χ0v) is 11.2. The number of ether oxygens (including phenoxy) is 1. The van der Waals surface area contributed by atoms with Crippen molar-refractivity contribution in [2.24, 2.45) is 11.1 Å². The summed E-state index contributed by atoms with van der Waals surface area (Å²) in [5.41, 5.74) is 6.25. The summed E-state index contributed by atoms with van der Waals surface area (Å²) in [7, 11) is 0. The first-order valence-electron chi connectivity index (χ1n) is 5.78. The van der Waals surface area contributed by atoms with Crippen LogP contribution in [0.3, 0.4) is 0 Å². The molecule has 0 unspecified atom stereocenters. The van der Waals surface area contributed by atoms with E-state index in [1.807, 2.05) is 24.3 Å². The van der Waals surface area contributed by atoms with E-state index >= 15 is 0 Å². The maximum Gasteiger partial charge on any atom is 0.313 e. The van der Waals surface area contributed by atoms with Crippen LogP contribution in [0.25, 0.3) is 0 Å². The first-order chi connectivity index (χ1) is 8.16. The molecule has 4 heteroatoms. The van der Waals surface area contributed by atoms with Crippen molar-refractivity contribution in [1.29, 1.82) is 0 Å². The summed E-state index contributed by atoms with van der Waals surface area (Å²) in [4.78, 5) is 11.9. The lowest BCUT2D eigenvalue weighted by Gasteiger charge is -2.37. The highest BCUT2D eigenvalue weighted by molar-refractivity contribution is 9.10. The summed E-state index contributed by atoms with van der Waals surface area (Å²) < 4.78 is 6.35. The Hall–Kier alpha value is -0.870. The molecule has 2 rings (SSSR count). The van der Waals surface area contributed by atoms with Crippen LogP contribution in [0, 0.1) is 5.41 Å². The molecule has 92 valence electrons. The van der Waals surface area contributed by atoms with E-state index in [4.69, 9.17) is 10.5 Å². The summed E-state index contributed by atoms with van der Waals surface area (Å²) >= 11 is 3.36. The molecule has 17 heavy (non-hydrogen) atoms. The largest absolute Gasteiger partial charge is 0.460 e. The van der Waals surface area contributed by atoms with E-state index in [2.05, 4.69) is 15.9 Å². The lowest BCUT2D eigenvalue weighted by Crippen LogP contribution is -2.45. The Balaban J connectivity index is 1.90. The van der Waals surface area contributed by atoms with Crippen molar-refractivity contribution in [3.63, 3.8) is 0 Å². The molecule has 3 nitrogen and oxygen atoms in total. The maximum atomic E-state index is 11.9. The van der Waals surface area contributed by atoms with Crippen molar-refractivity contribution >= 4 is 21.9 Å². The van der Waals surface area contributed by atoms with Gasteiger partial charge in [0, 0.05) is 11.0 Å². The Bertz CT molecular complexity index is 393. The molecule has 1 aromatic rings. The molecule has 0 aromatic heterocycles. The standard InChI is InChI=1S/C13H16BrNO2/c14-11-4-2-10(3-5-11)8-17-12(16)13(9-15)6-1-7-13/h2-5H,1,6-9,15H2. The Morgan fingerprint density at radius 3 is 2.47 bits per heavy atom. The topological polar surface area (TPSA) is 52.3 Å². The molecule has 1 aliphatic carbocycles. The van der Waals surface area contributed by atoms with Gasteiger partial charge in [-0.25, -0.2) is 0 Å². The smallest absolute Gasteiger partial charge is 0.313 e. The van der Waals surface area contributed by atoms with Crippen LogP contribution in [-0.2, 0) is 16.1 Å². The van der Waals surface area contributed by atoms with E-state index in [-0.39, 0.29) is 5.97 Å². The molecule has 0 spiro atoms. The molecule has 1 fully saturated rings. The van der Waals surface area contributed by atoms with Gasteiger partial charge in [-0.15, -0.1) is 0 Å². The van der Waals surface area contributed by atoms with Crippen LogP contribution in [0.5, 0.6) is 0 Å². The van der Waals surface area contributed by atoms with Gasteiger partial charge in [-0.2, -0.15) is 0 Å². The molecule has 0 saturated heterocycles. The zero-order valence-electron chi connectivity index (χ0n) is 9.62. The Morgan fingerprint density at radius 1 is 1.35 bits per heavy atom. The first kappa shape index (κ1) is 12.6. The second-order valence-electron chi connectivity index (χ2n) is 4.54. The van der Waals surface area contributed by atoms with Crippen LogP contribution in [0.1, 0.15) is 24.8 Å². The van der Waals surface area contributed by atoms with Crippen molar-refractivity contribution in [2.45, 2.75) is 25.9 Å². The van der Waals surface area contributed by atoms with Crippen LogP contribution in [0.15, 0.2) is 28.7 Å². The van der Waals surface area contributed by atoms with Gasteiger partial charge in [0.1, 0.15) is 6.61 Å². The third-order valence-electron chi connectivity index (χ3n) is 3.42. The Kier molecular flexibility index (Phi) is 3.84. The maximum absolute atomic E-state index is 11.9. The monoisotopic (exact) mass is 297 g/mol. The van der Waals surface area contributed by atoms with Gasteiger partial charge in [0.2, 0.25) is 0 Å². The van der Waals surface area contributed by atoms with Gasteiger partial charge >= 0.3 is 5.97 Å². The highest BCUT2D eigenvalue weighted by Crippen LogP contribution is 2.41. The van der Waals surface area contributed by atoms with E-state index in [1.165, 1.54) is 0 Å². The van der Waals surface area contributed by atoms with Crippen molar-refractivity contribution in [3.05, 3.63) is 34.3 Å². The fourth-order valence-electron chi connectivity index (χ4n) is 1.98. The van der Waals surface area contributed by atoms with Crippen molar-refractivity contribution in [1.82, 2.24) is 0 Å². The molecule has 0 aliphatic heterocycles. The number of hydrogen-bond donors (Lipinski definition) is 1. The van der Waals surface area contributed by atoms with Crippen LogP contribution in [-0.4, -0.2) is 12.5 Å². The lowest BCUT2D eigenvalue weighted by atomic mass is 9.69. The van der Waals surface area contributed by atoms with E-state index in [0.717, 1.165) is 29.3 Å². The molecular formula is C13H16BrNO2. The lowest BCUT2D eigenvalue weighted by molar-refractivity contribution is -0.162. The molecule has 2 N–H and O–H groups in total. The summed E-state index contributed by atoms with van der Waals surface area (Å²) in [6.45, 7) is 0.722. The van der Waals surface area contributed by atoms with E-state index in [9.17, 15) is 4.79 Å². The van der Waals surface area contributed by atoms with Crippen LogP contribution in [0.2, 0.25) is 0 Å². The number of hydrogen-bond acceptors (Lipinski definition) is 3. The van der Waals surface area contributed by atoms with Crippen molar-refractivity contribution in [2.75, 3.05) is 6.54 Å². The third-order valence-corrected chi connectivity index (χ3v) is 3.95. The number of benzene rings is 1. The summed E-state index contributed by atoms with van der Waals surface area (Å²) in [6, 6.07) is 7.75. The molecular weight excluding hydrogens is 282 g/mol. The zero-order chi connectivity index (χ0) is 12.3. The number of carbonyl (C=O) groups excluding carboxylic acids is 1. The van der Waals surface area contributed by atoms with E-state index in [1.54, 1.807) is 0 Å². The molecule has 1 aromatic carbocycles. The predicted octanol–water partition coefficient (Wildman–Crippen LogP) is 2.62. The normalized spacial score (nSPS) is 17.3. The highest BCUT2D eigenvalue weighted by Gasteiger charge is 2.44. The quantitative estimate of drug-likeness (QED) is 0.869. The fraction of sp³-hybridized carbons (Fsp3) is 0.462. The van der Waals surface area contributed by atoms with E-state index < -0.39 is 5.41 Å². The van der Waals surface area contributed by atoms with Crippen molar-refractivity contribution in [3.8, 4) is 0 Å². The molecule has 1 aliphatic rings. The van der Waals surface area contributed by atoms with Gasteiger partial charge in [0.25, 0.3) is 0 Å². The summed E-state index contributed by atoms with van der Waals surface area (Å²) in [5, 5.41) is 0. The van der Waals surface area contributed by atoms with Gasteiger partial charge in [-0.1, -0.05) is 34.5 Å². The SMILES string of the molecule is NCC1(C(=O)OCc2ccc(Br)cc2)CCC1. The number of carbonyl (C=O) groups is 1. The van der Waals surface area contributed by atoms with Gasteiger partial charge in [0.15, 0.2) is 0 Å². The molecule has 0 radical (unpaired) electrons. The minimum atomic E-state index is -0.393. The molecule has 0 atom stereocenters. The van der Waals surface area contributed by atoms with Crippen LogP contribution in [0.4, 0.5) is 0 Å². The minimum Gasteiger partial charge on any atom is -0.460 e. The number of halogens is 1. The summed E-state index contributed by atoms with van der Waals surface area (Å²) in [5.74, 6) is -0.144. The molecule has 0 amide bonds. The van der Waals surface area contributed by atoms with E-state index in [0.29, 0.717) is 13.2 Å². The second kappa shape index (κ2) is 5.19. The summed E-state index contributed by atoms with van der Waals surface area (Å²) in [6.07, 6.45) is 2.80. The Labute approximate surface area is 109 Å². The minimum absolute atomic E-state index is 0.144. The molecule has 1 saturated carbocycles. The fourth-order valence-corrected chi connectivity index (χ4v) is 2.24.